The van der Waals surface area contributed by atoms with Crippen molar-refractivity contribution < 1.29 is 19.3 Å². The zero-order valence-corrected chi connectivity index (χ0v) is 14.9. The van der Waals surface area contributed by atoms with Crippen molar-refractivity contribution in [3.05, 3.63) is 17.7 Å². The van der Waals surface area contributed by atoms with E-state index in [0.717, 1.165) is 31.2 Å². The molecule has 2 atom stereocenters. The molecule has 1 fully saturated rings. The Morgan fingerprint density at radius 3 is 2.13 bits per heavy atom. The Morgan fingerprint density at radius 2 is 1.61 bits per heavy atom. The van der Waals surface area contributed by atoms with E-state index < -0.39 is 12.1 Å². The molecular formula is C17H28ClNO4. The summed E-state index contributed by atoms with van der Waals surface area (Å²) in [6.45, 7) is 0. The van der Waals surface area contributed by atoms with Crippen LogP contribution in [0.25, 0.3) is 0 Å². The number of aliphatic hydroxyl groups excluding tert-OH is 1. The Kier molecular flexibility index (Phi) is 7.95. The van der Waals surface area contributed by atoms with E-state index in [-0.39, 0.29) is 18.3 Å². The van der Waals surface area contributed by atoms with Crippen LogP contribution in [0.4, 0.5) is 0 Å². The van der Waals surface area contributed by atoms with Crippen LogP contribution in [0.15, 0.2) is 12.1 Å². The lowest BCUT2D eigenvalue weighted by Gasteiger charge is -2.31. The van der Waals surface area contributed by atoms with Crippen molar-refractivity contribution in [2.24, 2.45) is 11.7 Å². The normalized spacial score (nSPS) is 17.8. The van der Waals surface area contributed by atoms with Crippen LogP contribution in [-0.4, -0.2) is 32.5 Å². The van der Waals surface area contributed by atoms with Gasteiger partial charge in [0, 0.05) is 5.56 Å². The smallest absolute Gasteiger partial charge is 0.203 e. The molecule has 23 heavy (non-hydrogen) atoms. The third-order valence-electron chi connectivity index (χ3n) is 4.59. The van der Waals surface area contributed by atoms with Gasteiger partial charge in [0.25, 0.3) is 0 Å². The molecule has 3 N–H and O–H groups in total. The number of aliphatic hydroxyl groups is 1. The van der Waals surface area contributed by atoms with Gasteiger partial charge >= 0.3 is 0 Å². The zero-order valence-electron chi connectivity index (χ0n) is 14.1. The van der Waals surface area contributed by atoms with Crippen LogP contribution in [0.1, 0.15) is 43.7 Å². The van der Waals surface area contributed by atoms with Gasteiger partial charge in [0.15, 0.2) is 11.5 Å². The maximum absolute atomic E-state index is 10.7. The van der Waals surface area contributed by atoms with Crippen molar-refractivity contribution in [1.29, 1.82) is 0 Å². The molecule has 0 aliphatic heterocycles. The van der Waals surface area contributed by atoms with Crippen LogP contribution < -0.4 is 19.9 Å². The van der Waals surface area contributed by atoms with Crippen LogP contribution in [0.3, 0.4) is 0 Å². The quantitative estimate of drug-likeness (QED) is 0.828. The second-order valence-electron chi connectivity index (χ2n) is 5.84. The van der Waals surface area contributed by atoms with E-state index in [0.29, 0.717) is 17.2 Å². The van der Waals surface area contributed by atoms with Gasteiger partial charge in [0.1, 0.15) is 0 Å². The Labute approximate surface area is 144 Å². The van der Waals surface area contributed by atoms with Gasteiger partial charge in [-0.25, -0.2) is 0 Å². The average Bonchev–Trinajstić information content (AvgIpc) is 2.59. The molecule has 1 aromatic rings. The maximum Gasteiger partial charge on any atom is 0.203 e. The van der Waals surface area contributed by atoms with Gasteiger partial charge in [-0.1, -0.05) is 19.3 Å². The van der Waals surface area contributed by atoms with Gasteiger partial charge in [-0.3, -0.25) is 0 Å². The average molecular weight is 346 g/mol. The molecule has 5 nitrogen and oxygen atoms in total. The summed E-state index contributed by atoms with van der Waals surface area (Å²) in [4.78, 5) is 0. The molecule has 0 amide bonds. The molecule has 0 spiro atoms. The predicted molar refractivity (Wildman–Crippen MR) is 92.9 cm³/mol. The first-order valence-corrected chi connectivity index (χ1v) is 7.86. The van der Waals surface area contributed by atoms with E-state index in [9.17, 15) is 5.11 Å². The third-order valence-corrected chi connectivity index (χ3v) is 4.59. The SMILES string of the molecule is COc1ccc([C@@H](N)[C@@H](O)C2CCCCC2)c(OC)c1OC.Cl. The minimum atomic E-state index is -0.577. The summed E-state index contributed by atoms with van der Waals surface area (Å²) in [6, 6.07) is 3.14. The molecule has 0 aromatic heterocycles. The number of methoxy groups -OCH3 is 3. The van der Waals surface area contributed by atoms with E-state index in [1.54, 1.807) is 27.4 Å². The van der Waals surface area contributed by atoms with Crippen molar-refractivity contribution in [2.75, 3.05) is 21.3 Å². The highest BCUT2D eigenvalue weighted by Gasteiger charge is 2.30. The zero-order chi connectivity index (χ0) is 16.1. The number of nitrogens with two attached hydrogens (primary N) is 1. The Hall–Kier alpha value is -1.17. The van der Waals surface area contributed by atoms with E-state index >= 15 is 0 Å². The predicted octanol–water partition coefficient (Wildman–Crippen LogP) is 3.08. The number of rotatable bonds is 6. The molecule has 132 valence electrons. The molecule has 0 radical (unpaired) electrons. The number of ether oxygens (including phenoxy) is 3. The van der Waals surface area contributed by atoms with E-state index in [2.05, 4.69) is 0 Å². The fourth-order valence-electron chi connectivity index (χ4n) is 3.34. The van der Waals surface area contributed by atoms with Gasteiger partial charge in [-0.05, 0) is 30.9 Å². The molecular weight excluding hydrogens is 318 g/mol. The highest BCUT2D eigenvalue weighted by atomic mass is 35.5. The van der Waals surface area contributed by atoms with Gasteiger partial charge in [-0.15, -0.1) is 12.4 Å². The lowest BCUT2D eigenvalue weighted by molar-refractivity contribution is 0.0609. The highest BCUT2D eigenvalue weighted by Crippen LogP contribution is 2.43. The molecule has 0 heterocycles. The number of halogens is 1. The molecule has 6 heteroatoms. The van der Waals surface area contributed by atoms with Crippen LogP contribution >= 0.6 is 12.4 Å². The van der Waals surface area contributed by atoms with Crippen molar-refractivity contribution in [3.8, 4) is 17.2 Å². The second kappa shape index (κ2) is 9.21. The summed E-state index contributed by atoms with van der Waals surface area (Å²) in [5.74, 6) is 1.88. The molecule has 1 aliphatic carbocycles. The second-order valence-corrected chi connectivity index (χ2v) is 5.84. The molecule has 0 saturated heterocycles. The van der Waals surface area contributed by atoms with Crippen LogP contribution in [-0.2, 0) is 0 Å². The Balaban J connectivity index is 0.00000264. The standard InChI is InChI=1S/C17H27NO4.ClH/c1-20-13-10-9-12(16(21-2)17(13)22-3)14(18)15(19)11-7-5-4-6-8-11;/h9-11,14-15,19H,4-8,18H2,1-3H3;1H/t14-,15+;/m1./s1. The van der Waals surface area contributed by atoms with Crippen molar-refractivity contribution in [1.82, 2.24) is 0 Å². The Morgan fingerprint density at radius 1 is 1.00 bits per heavy atom. The minimum Gasteiger partial charge on any atom is -0.493 e. The van der Waals surface area contributed by atoms with Crippen LogP contribution in [0.5, 0.6) is 17.2 Å². The van der Waals surface area contributed by atoms with E-state index in [1.807, 2.05) is 6.07 Å². The van der Waals surface area contributed by atoms with Gasteiger partial charge < -0.3 is 25.1 Å². The first-order chi connectivity index (χ1) is 10.6. The molecule has 2 rings (SSSR count). The van der Waals surface area contributed by atoms with Gasteiger partial charge in [0.05, 0.1) is 33.5 Å². The molecule has 0 unspecified atom stereocenters. The highest BCUT2D eigenvalue weighted by molar-refractivity contribution is 5.85. The molecule has 1 aliphatic rings. The maximum atomic E-state index is 10.7. The molecule has 0 bridgehead atoms. The number of hydrogen-bond donors (Lipinski definition) is 2. The fourth-order valence-corrected chi connectivity index (χ4v) is 3.34. The summed E-state index contributed by atoms with van der Waals surface area (Å²) < 4.78 is 16.1. The number of hydrogen-bond acceptors (Lipinski definition) is 5. The third kappa shape index (κ3) is 4.22. The monoisotopic (exact) mass is 345 g/mol. The van der Waals surface area contributed by atoms with E-state index in [4.69, 9.17) is 19.9 Å². The summed E-state index contributed by atoms with van der Waals surface area (Å²) >= 11 is 0. The minimum absolute atomic E-state index is 0. The van der Waals surface area contributed by atoms with E-state index in [1.165, 1.54) is 6.42 Å². The molecule has 1 aromatic carbocycles. The van der Waals surface area contributed by atoms with Crippen LogP contribution in [0, 0.1) is 5.92 Å². The van der Waals surface area contributed by atoms with Crippen molar-refractivity contribution in [2.45, 2.75) is 44.2 Å². The van der Waals surface area contributed by atoms with Crippen LogP contribution in [0.2, 0.25) is 0 Å². The van der Waals surface area contributed by atoms with Gasteiger partial charge in [0.2, 0.25) is 5.75 Å². The lowest BCUT2D eigenvalue weighted by Crippen LogP contribution is -2.34. The lowest BCUT2D eigenvalue weighted by atomic mass is 9.81. The fraction of sp³-hybridized carbons (Fsp3) is 0.647. The van der Waals surface area contributed by atoms with Crippen molar-refractivity contribution >= 4 is 12.4 Å². The first kappa shape index (κ1) is 19.9. The largest absolute Gasteiger partial charge is 0.493 e. The van der Waals surface area contributed by atoms with Gasteiger partial charge in [-0.2, -0.15) is 0 Å². The summed E-state index contributed by atoms with van der Waals surface area (Å²) in [7, 11) is 4.71. The molecule has 1 saturated carbocycles. The van der Waals surface area contributed by atoms with Crippen molar-refractivity contribution in [3.63, 3.8) is 0 Å². The summed E-state index contributed by atoms with van der Waals surface area (Å²) in [6.07, 6.45) is 5.06. The number of benzene rings is 1. The summed E-state index contributed by atoms with van der Waals surface area (Å²) in [5, 5.41) is 10.7. The summed E-state index contributed by atoms with van der Waals surface area (Å²) in [5.41, 5.74) is 7.08. The topological polar surface area (TPSA) is 73.9 Å². The Bertz CT molecular complexity index is 492. The first-order valence-electron chi connectivity index (χ1n) is 7.86.